The molecule has 0 bridgehead atoms. The Morgan fingerprint density at radius 3 is 2.74 bits per heavy atom. The highest BCUT2D eigenvalue weighted by Gasteiger charge is 2.54. The Kier molecular flexibility index (Phi) is 4.84. The molecular formula is C20H27NO4S2. The lowest BCUT2D eigenvalue weighted by Crippen LogP contribution is -2.42. The van der Waals surface area contributed by atoms with Gasteiger partial charge in [0.05, 0.1) is 4.90 Å². The van der Waals surface area contributed by atoms with Gasteiger partial charge in [-0.1, -0.05) is 13.8 Å². The monoisotopic (exact) mass is 409 g/mol. The summed E-state index contributed by atoms with van der Waals surface area (Å²) in [7, 11) is -4.04. The molecule has 3 aliphatic carbocycles. The predicted molar refractivity (Wildman–Crippen MR) is 106 cm³/mol. The predicted octanol–water partition coefficient (Wildman–Crippen LogP) is 3.81. The van der Waals surface area contributed by atoms with Gasteiger partial charge in [0, 0.05) is 11.8 Å². The van der Waals surface area contributed by atoms with Crippen molar-refractivity contribution in [3.63, 3.8) is 0 Å². The Labute approximate surface area is 165 Å². The van der Waals surface area contributed by atoms with E-state index in [4.69, 9.17) is 9.32 Å². The van der Waals surface area contributed by atoms with Crippen molar-refractivity contribution >= 4 is 27.8 Å². The average Bonchev–Trinajstić information content (AvgIpc) is 2.89. The molecule has 0 radical (unpaired) electrons. The SMILES string of the molecule is CCSc1cc2c(cc1OS(N)(=O)=O)CC[C@@H]1[C@@H]2CC[C@]2(C)C(=O)CC[C@@H]12. The maximum Gasteiger partial charge on any atom is 0.380 e. The quantitative estimate of drug-likeness (QED) is 0.764. The molecule has 3 aliphatic rings. The van der Waals surface area contributed by atoms with Gasteiger partial charge in [-0.2, -0.15) is 13.6 Å². The molecule has 0 aromatic heterocycles. The molecule has 1 aromatic carbocycles. The summed E-state index contributed by atoms with van der Waals surface area (Å²) in [5.41, 5.74) is 2.37. The van der Waals surface area contributed by atoms with Gasteiger partial charge in [-0.15, -0.1) is 11.8 Å². The van der Waals surface area contributed by atoms with Gasteiger partial charge < -0.3 is 4.18 Å². The van der Waals surface area contributed by atoms with Crippen LogP contribution in [-0.4, -0.2) is 20.0 Å². The molecule has 1 aromatic rings. The summed E-state index contributed by atoms with van der Waals surface area (Å²) in [6.07, 6.45) is 5.70. The molecule has 148 valence electrons. The summed E-state index contributed by atoms with van der Waals surface area (Å²) in [5.74, 6) is 3.11. The lowest BCUT2D eigenvalue weighted by Gasteiger charge is -2.48. The fraction of sp³-hybridized carbons (Fsp3) is 0.650. The van der Waals surface area contributed by atoms with Gasteiger partial charge >= 0.3 is 10.3 Å². The summed E-state index contributed by atoms with van der Waals surface area (Å²) >= 11 is 1.57. The zero-order valence-electron chi connectivity index (χ0n) is 15.9. The van der Waals surface area contributed by atoms with Crippen molar-refractivity contribution in [3.8, 4) is 5.75 Å². The van der Waals surface area contributed by atoms with Crippen molar-refractivity contribution in [1.82, 2.24) is 0 Å². The highest BCUT2D eigenvalue weighted by atomic mass is 32.2. The second kappa shape index (κ2) is 6.78. The molecular weight excluding hydrogens is 382 g/mol. The van der Waals surface area contributed by atoms with Crippen LogP contribution in [0.3, 0.4) is 0 Å². The van der Waals surface area contributed by atoms with Crippen molar-refractivity contribution in [2.24, 2.45) is 22.4 Å². The molecule has 4 rings (SSSR count). The Morgan fingerprint density at radius 1 is 1.26 bits per heavy atom. The van der Waals surface area contributed by atoms with E-state index < -0.39 is 10.3 Å². The fourth-order valence-corrected chi connectivity index (χ4v) is 7.01. The van der Waals surface area contributed by atoms with Crippen LogP contribution in [0.5, 0.6) is 5.75 Å². The zero-order valence-corrected chi connectivity index (χ0v) is 17.5. The van der Waals surface area contributed by atoms with E-state index in [1.807, 2.05) is 13.0 Å². The van der Waals surface area contributed by atoms with Crippen LogP contribution in [0, 0.1) is 17.3 Å². The lowest BCUT2D eigenvalue weighted by molar-refractivity contribution is -0.129. The van der Waals surface area contributed by atoms with E-state index in [0.29, 0.717) is 29.3 Å². The van der Waals surface area contributed by atoms with E-state index in [1.54, 1.807) is 11.8 Å². The fourth-order valence-electron chi connectivity index (χ4n) is 5.81. The van der Waals surface area contributed by atoms with Gasteiger partial charge in [0.1, 0.15) is 5.78 Å². The van der Waals surface area contributed by atoms with E-state index in [9.17, 15) is 13.2 Å². The number of rotatable bonds is 4. The standard InChI is InChI=1S/C20H27NO4S2/c1-3-26-18-11-15-12(10-17(18)25-27(21,23)24)4-5-14-13(15)8-9-20(2)16(14)6-7-19(20)22/h10-11,13-14,16H,3-9H2,1-2H3,(H2,21,23,24)/t13-,14+,16-,20-/m0/s1. The number of nitrogens with two attached hydrogens (primary N) is 1. The van der Waals surface area contributed by atoms with E-state index in [1.165, 1.54) is 11.1 Å². The van der Waals surface area contributed by atoms with Crippen molar-refractivity contribution < 1.29 is 17.4 Å². The van der Waals surface area contributed by atoms with E-state index in [-0.39, 0.29) is 5.41 Å². The number of carbonyl (C=O) groups is 1. The maximum atomic E-state index is 12.5. The van der Waals surface area contributed by atoms with E-state index >= 15 is 0 Å². The molecule has 27 heavy (non-hydrogen) atoms. The minimum atomic E-state index is -4.04. The highest BCUT2D eigenvalue weighted by molar-refractivity contribution is 7.99. The summed E-state index contributed by atoms with van der Waals surface area (Å²) in [4.78, 5) is 13.3. The topological polar surface area (TPSA) is 86.5 Å². The van der Waals surface area contributed by atoms with Gasteiger partial charge in [0.15, 0.2) is 5.75 Å². The summed E-state index contributed by atoms with van der Waals surface area (Å²) < 4.78 is 28.0. The Morgan fingerprint density at radius 2 is 2.04 bits per heavy atom. The van der Waals surface area contributed by atoms with Crippen molar-refractivity contribution in [2.75, 3.05) is 5.75 Å². The first-order valence-electron chi connectivity index (χ1n) is 9.78. The molecule has 4 atom stereocenters. The Balaban J connectivity index is 1.72. The van der Waals surface area contributed by atoms with Crippen LogP contribution in [0.25, 0.3) is 0 Å². The molecule has 0 saturated heterocycles. The van der Waals surface area contributed by atoms with E-state index in [2.05, 4.69) is 13.0 Å². The second-order valence-electron chi connectivity index (χ2n) is 8.34. The molecule has 2 saturated carbocycles. The number of ketones is 1. The van der Waals surface area contributed by atoms with Gasteiger partial charge in [-0.3, -0.25) is 4.79 Å². The van der Waals surface area contributed by atoms with Crippen LogP contribution >= 0.6 is 11.8 Å². The third-order valence-corrected chi connectivity index (χ3v) is 8.33. The number of benzene rings is 1. The van der Waals surface area contributed by atoms with Crippen LogP contribution in [0.4, 0.5) is 0 Å². The number of fused-ring (bicyclic) bond motifs is 5. The molecule has 5 nitrogen and oxygen atoms in total. The Hall–Kier alpha value is -1.05. The van der Waals surface area contributed by atoms with Crippen LogP contribution < -0.4 is 9.32 Å². The largest absolute Gasteiger partial charge is 0.380 e. The first-order chi connectivity index (χ1) is 12.7. The highest BCUT2D eigenvalue weighted by Crippen LogP contribution is 2.60. The van der Waals surface area contributed by atoms with E-state index in [0.717, 1.165) is 49.2 Å². The van der Waals surface area contributed by atoms with Crippen LogP contribution in [0.2, 0.25) is 0 Å². The number of hydrogen-bond acceptors (Lipinski definition) is 5. The number of Topliss-reactive ketones (excluding diaryl/α,β-unsaturated/α-hetero) is 1. The number of thioether (sulfide) groups is 1. The van der Waals surface area contributed by atoms with Gasteiger partial charge in [-0.25, -0.2) is 0 Å². The minimum Gasteiger partial charge on any atom is -0.370 e. The second-order valence-corrected chi connectivity index (χ2v) is 10.8. The first-order valence-corrected chi connectivity index (χ1v) is 12.2. The maximum absolute atomic E-state index is 12.5. The van der Waals surface area contributed by atoms with Crippen molar-refractivity contribution in [3.05, 3.63) is 23.3 Å². The number of aryl methyl sites for hydroxylation is 1. The zero-order chi connectivity index (χ0) is 19.4. The smallest absolute Gasteiger partial charge is 0.370 e. The summed E-state index contributed by atoms with van der Waals surface area (Å²) in [6, 6.07) is 4.00. The molecule has 0 aliphatic heterocycles. The number of hydrogen-bond donors (Lipinski definition) is 1. The molecule has 0 unspecified atom stereocenters. The normalized spacial score (nSPS) is 32.6. The first kappa shape index (κ1) is 19.3. The average molecular weight is 410 g/mol. The molecule has 0 amide bonds. The molecule has 0 spiro atoms. The molecule has 2 fully saturated rings. The number of carbonyl (C=O) groups excluding carboxylic acids is 1. The summed E-state index contributed by atoms with van der Waals surface area (Å²) in [6.45, 7) is 4.21. The third kappa shape index (κ3) is 3.32. The van der Waals surface area contributed by atoms with Gasteiger partial charge in [0.2, 0.25) is 0 Å². The molecule has 2 N–H and O–H groups in total. The van der Waals surface area contributed by atoms with Gasteiger partial charge in [-0.05, 0) is 78.9 Å². The van der Waals surface area contributed by atoms with Crippen LogP contribution in [0.1, 0.15) is 63.0 Å². The molecule has 0 heterocycles. The van der Waals surface area contributed by atoms with Crippen molar-refractivity contribution in [2.45, 2.75) is 63.2 Å². The molecule has 7 heteroatoms. The van der Waals surface area contributed by atoms with Crippen LogP contribution in [0.15, 0.2) is 17.0 Å². The van der Waals surface area contributed by atoms with Crippen molar-refractivity contribution in [1.29, 1.82) is 0 Å². The minimum absolute atomic E-state index is 0.129. The van der Waals surface area contributed by atoms with Crippen LogP contribution in [-0.2, 0) is 21.5 Å². The summed E-state index contributed by atoms with van der Waals surface area (Å²) in [5, 5.41) is 5.11. The van der Waals surface area contributed by atoms with Gasteiger partial charge in [0.25, 0.3) is 0 Å². The lowest BCUT2D eigenvalue weighted by atomic mass is 9.55. The third-order valence-electron chi connectivity index (χ3n) is 7.00. The Bertz CT molecular complexity index is 882.